The van der Waals surface area contributed by atoms with Crippen molar-refractivity contribution >= 4 is 17.5 Å². The zero-order valence-corrected chi connectivity index (χ0v) is 18.0. The van der Waals surface area contributed by atoms with Crippen LogP contribution in [-0.2, 0) is 6.54 Å². The maximum Gasteiger partial charge on any atom is 0.194 e. The van der Waals surface area contributed by atoms with Gasteiger partial charge in [0, 0.05) is 64.7 Å². The van der Waals surface area contributed by atoms with Crippen molar-refractivity contribution in [2.24, 2.45) is 4.99 Å². The van der Waals surface area contributed by atoms with E-state index in [0.29, 0.717) is 0 Å². The molecule has 3 heterocycles. The normalized spacial score (nSPS) is 17.4. The molecule has 0 unspecified atom stereocenters. The number of aliphatic imine (C=N–C) groups is 1. The van der Waals surface area contributed by atoms with Crippen molar-refractivity contribution in [1.29, 1.82) is 0 Å². The van der Waals surface area contributed by atoms with Gasteiger partial charge in [0.15, 0.2) is 5.96 Å². The summed E-state index contributed by atoms with van der Waals surface area (Å²) in [5.41, 5.74) is 2.48. The second-order valence-electron chi connectivity index (χ2n) is 7.79. The molecular weight excluding hydrogens is 376 g/mol. The predicted molar refractivity (Wildman–Crippen MR) is 123 cm³/mol. The third-order valence-electron chi connectivity index (χ3n) is 5.92. The van der Waals surface area contributed by atoms with Gasteiger partial charge in [0.2, 0.25) is 0 Å². The van der Waals surface area contributed by atoms with Crippen molar-refractivity contribution in [3.8, 4) is 5.75 Å². The molecule has 2 saturated heterocycles. The molecule has 30 heavy (non-hydrogen) atoms. The van der Waals surface area contributed by atoms with Gasteiger partial charge in [0.25, 0.3) is 0 Å². The van der Waals surface area contributed by atoms with Gasteiger partial charge < -0.3 is 24.8 Å². The molecule has 4 rings (SSSR count). The van der Waals surface area contributed by atoms with Crippen molar-refractivity contribution < 1.29 is 4.74 Å². The Morgan fingerprint density at radius 2 is 1.73 bits per heavy atom. The van der Waals surface area contributed by atoms with E-state index >= 15 is 0 Å². The van der Waals surface area contributed by atoms with Crippen LogP contribution in [0.15, 0.2) is 47.6 Å². The number of piperazine rings is 1. The van der Waals surface area contributed by atoms with Crippen LogP contribution in [0.2, 0.25) is 0 Å². The highest BCUT2D eigenvalue weighted by Crippen LogP contribution is 2.21. The molecule has 1 aromatic heterocycles. The number of guanidine groups is 1. The molecule has 0 amide bonds. The molecule has 0 spiro atoms. The molecule has 7 nitrogen and oxygen atoms in total. The number of aromatic nitrogens is 1. The number of nitrogens with one attached hydrogen (secondary N) is 1. The van der Waals surface area contributed by atoms with Gasteiger partial charge >= 0.3 is 0 Å². The van der Waals surface area contributed by atoms with E-state index in [1.807, 2.05) is 25.4 Å². The Labute approximate surface area is 179 Å². The maximum absolute atomic E-state index is 5.26. The largest absolute Gasteiger partial charge is 0.497 e. The van der Waals surface area contributed by atoms with Crippen molar-refractivity contribution in [2.75, 3.05) is 63.2 Å². The summed E-state index contributed by atoms with van der Waals surface area (Å²) in [5, 5.41) is 3.54. The molecule has 2 aliphatic heterocycles. The lowest BCUT2D eigenvalue weighted by molar-refractivity contribution is 0.372. The summed E-state index contributed by atoms with van der Waals surface area (Å²) >= 11 is 0. The Morgan fingerprint density at radius 3 is 2.40 bits per heavy atom. The van der Waals surface area contributed by atoms with Crippen LogP contribution < -0.4 is 19.9 Å². The van der Waals surface area contributed by atoms with Crippen molar-refractivity contribution in [3.63, 3.8) is 0 Å². The fourth-order valence-corrected chi connectivity index (χ4v) is 4.17. The summed E-state index contributed by atoms with van der Waals surface area (Å²) in [4.78, 5) is 16.2. The molecule has 1 N–H and O–H groups in total. The monoisotopic (exact) mass is 408 g/mol. The Kier molecular flexibility index (Phi) is 6.57. The number of rotatable bonds is 5. The minimum Gasteiger partial charge on any atom is -0.497 e. The van der Waals surface area contributed by atoms with Crippen LogP contribution in [0, 0.1) is 0 Å². The minimum atomic E-state index is 0.759. The molecule has 2 fully saturated rings. The molecule has 0 aliphatic carbocycles. The van der Waals surface area contributed by atoms with E-state index in [4.69, 9.17) is 4.74 Å². The van der Waals surface area contributed by atoms with Crippen LogP contribution in [0.4, 0.5) is 11.5 Å². The van der Waals surface area contributed by atoms with E-state index in [1.54, 1.807) is 7.11 Å². The minimum absolute atomic E-state index is 0.759. The first kappa shape index (κ1) is 20.3. The van der Waals surface area contributed by atoms with Gasteiger partial charge in [0.1, 0.15) is 11.6 Å². The quantitative estimate of drug-likeness (QED) is 0.606. The van der Waals surface area contributed by atoms with Gasteiger partial charge in [-0.15, -0.1) is 0 Å². The Hall–Kier alpha value is -2.96. The van der Waals surface area contributed by atoms with E-state index in [9.17, 15) is 0 Å². The highest BCUT2D eigenvalue weighted by molar-refractivity contribution is 5.80. The molecular formula is C23H32N6O. The molecule has 160 valence electrons. The summed E-state index contributed by atoms with van der Waals surface area (Å²) in [6.07, 6.45) is 4.44. The van der Waals surface area contributed by atoms with Crippen LogP contribution in [-0.4, -0.2) is 69.3 Å². The Morgan fingerprint density at radius 1 is 1.00 bits per heavy atom. The number of methoxy groups -OCH3 is 1. The zero-order valence-electron chi connectivity index (χ0n) is 18.0. The molecule has 0 saturated carbocycles. The van der Waals surface area contributed by atoms with Gasteiger partial charge in [-0.3, -0.25) is 4.99 Å². The molecule has 0 atom stereocenters. The van der Waals surface area contributed by atoms with Crippen LogP contribution in [0.5, 0.6) is 5.75 Å². The van der Waals surface area contributed by atoms with E-state index < -0.39 is 0 Å². The van der Waals surface area contributed by atoms with Gasteiger partial charge in [-0.1, -0.05) is 0 Å². The number of hydrogen-bond acceptors (Lipinski definition) is 5. The number of nitrogens with zero attached hydrogens (tertiary/aromatic N) is 5. The highest BCUT2D eigenvalue weighted by atomic mass is 16.5. The lowest BCUT2D eigenvalue weighted by Gasteiger charge is -2.37. The van der Waals surface area contributed by atoms with Gasteiger partial charge in [-0.05, 0) is 54.8 Å². The molecule has 2 aliphatic rings. The third kappa shape index (κ3) is 4.78. The SMILES string of the molecule is CN=C(NCc1ccnc(N2CCCC2)c1)N1CCN(c2ccc(OC)cc2)CC1. The van der Waals surface area contributed by atoms with Crippen LogP contribution >= 0.6 is 0 Å². The predicted octanol–water partition coefficient (Wildman–Crippen LogP) is 2.59. The highest BCUT2D eigenvalue weighted by Gasteiger charge is 2.20. The van der Waals surface area contributed by atoms with E-state index in [-0.39, 0.29) is 0 Å². The number of pyridine rings is 1. The first-order chi connectivity index (χ1) is 14.8. The Balaban J connectivity index is 1.30. The summed E-state index contributed by atoms with van der Waals surface area (Å²) in [7, 11) is 3.56. The van der Waals surface area contributed by atoms with Gasteiger partial charge in [-0.25, -0.2) is 4.98 Å². The second-order valence-corrected chi connectivity index (χ2v) is 7.79. The van der Waals surface area contributed by atoms with Crippen molar-refractivity contribution in [3.05, 3.63) is 48.2 Å². The Bertz CT molecular complexity index is 839. The van der Waals surface area contributed by atoms with Crippen LogP contribution in [0.1, 0.15) is 18.4 Å². The third-order valence-corrected chi connectivity index (χ3v) is 5.92. The first-order valence-electron chi connectivity index (χ1n) is 10.8. The van der Waals surface area contributed by atoms with Crippen LogP contribution in [0.3, 0.4) is 0 Å². The first-order valence-corrected chi connectivity index (χ1v) is 10.8. The summed E-state index contributed by atoms with van der Waals surface area (Å²) < 4.78 is 5.26. The fraction of sp³-hybridized carbons (Fsp3) is 0.478. The average molecular weight is 409 g/mol. The number of benzene rings is 1. The zero-order chi connectivity index (χ0) is 20.8. The van der Waals surface area contributed by atoms with Crippen molar-refractivity contribution in [2.45, 2.75) is 19.4 Å². The molecule has 1 aromatic carbocycles. The topological polar surface area (TPSA) is 56.2 Å². The number of ether oxygens (including phenoxy) is 1. The standard InChI is InChI=1S/C23H32N6O/c1-24-23(26-18-19-9-10-25-22(17-19)28-11-3-4-12-28)29-15-13-27(14-16-29)20-5-7-21(30-2)8-6-20/h5-10,17H,3-4,11-16,18H2,1-2H3,(H,24,26). The summed E-state index contributed by atoms with van der Waals surface area (Å²) in [6, 6.07) is 12.6. The lowest BCUT2D eigenvalue weighted by atomic mass is 10.2. The summed E-state index contributed by atoms with van der Waals surface area (Å²) in [5.74, 6) is 2.95. The maximum atomic E-state index is 5.26. The molecule has 0 bridgehead atoms. The molecule has 0 radical (unpaired) electrons. The van der Waals surface area contributed by atoms with E-state index in [1.165, 1.54) is 24.1 Å². The van der Waals surface area contributed by atoms with E-state index in [2.05, 4.69) is 54.3 Å². The second kappa shape index (κ2) is 9.69. The van der Waals surface area contributed by atoms with Gasteiger partial charge in [0.05, 0.1) is 7.11 Å². The average Bonchev–Trinajstić information content (AvgIpc) is 3.35. The van der Waals surface area contributed by atoms with Gasteiger partial charge in [-0.2, -0.15) is 0 Å². The number of anilines is 2. The van der Waals surface area contributed by atoms with Crippen LogP contribution in [0.25, 0.3) is 0 Å². The smallest absolute Gasteiger partial charge is 0.194 e. The summed E-state index contributed by atoms with van der Waals surface area (Å²) in [6.45, 7) is 6.83. The lowest BCUT2D eigenvalue weighted by Crippen LogP contribution is -2.52. The number of hydrogen-bond donors (Lipinski definition) is 1. The fourth-order valence-electron chi connectivity index (χ4n) is 4.17. The molecule has 7 heteroatoms. The van der Waals surface area contributed by atoms with Crippen molar-refractivity contribution in [1.82, 2.24) is 15.2 Å². The van der Waals surface area contributed by atoms with E-state index in [0.717, 1.165) is 63.3 Å². The molecule has 2 aromatic rings.